The van der Waals surface area contributed by atoms with E-state index in [1.165, 1.54) is 18.3 Å². The molecule has 1 N–H and O–H groups in total. The number of hydrogen-bond acceptors (Lipinski definition) is 5. The third kappa shape index (κ3) is 5.64. The number of benzene rings is 3. The lowest BCUT2D eigenvalue weighted by atomic mass is 10.2. The summed E-state index contributed by atoms with van der Waals surface area (Å²) in [6, 6.07) is 20.2. The van der Waals surface area contributed by atoms with Crippen LogP contribution in [0.5, 0.6) is 5.75 Å². The van der Waals surface area contributed by atoms with Crippen molar-refractivity contribution in [3.8, 4) is 5.75 Å². The second-order valence-corrected chi connectivity index (χ2v) is 8.93. The zero-order chi connectivity index (χ0) is 20.9. The van der Waals surface area contributed by atoms with Gasteiger partial charge in [-0.3, -0.25) is 0 Å². The molecule has 0 saturated carbocycles. The zero-order valence-corrected chi connectivity index (χ0v) is 18.3. The van der Waals surface area contributed by atoms with Crippen LogP contribution in [-0.4, -0.2) is 20.6 Å². The Morgan fingerprint density at radius 3 is 2.31 bits per heavy atom. The van der Waals surface area contributed by atoms with E-state index in [1.807, 2.05) is 19.1 Å². The van der Waals surface area contributed by atoms with Crippen molar-refractivity contribution in [2.45, 2.75) is 11.8 Å². The monoisotopic (exact) mass is 520 g/mol. The second kappa shape index (κ2) is 9.19. The summed E-state index contributed by atoms with van der Waals surface area (Å²) in [6.07, 6.45) is 1.37. The number of aryl methyl sites for hydroxylation is 1. The molecule has 0 amide bonds. The standard InChI is InChI=1S/C21H17IN2O4S/c1-15-6-12-18(13-7-15)29(26,27)24-23-14-16-8-10-17(11-9-16)28-21(25)19-4-2-3-5-20(19)22/h2-14,24H,1H3/b23-14-. The minimum atomic E-state index is -3.72. The molecule has 0 spiro atoms. The average molecular weight is 520 g/mol. The van der Waals surface area contributed by atoms with Gasteiger partial charge in [0.15, 0.2) is 0 Å². The van der Waals surface area contributed by atoms with Gasteiger partial charge in [-0.2, -0.15) is 13.5 Å². The fraction of sp³-hybridized carbons (Fsp3) is 0.0476. The summed E-state index contributed by atoms with van der Waals surface area (Å²) in [6.45, 7) is 1.88. The maximum Gasteiger partial charge on any atom is 0.344 e. The Labute approximate surface area is 182 Å². The van der Waals surface area contributed by atoms with Crippen LogP contribution in [0.25, 0.3) is 0 Å². The van der Waals surface area contributed by atoms with E-state index in [9.17, 15) is 13.2 Å². The molecule has 0 aliphatic heterocycles. The van der Waals surface area contributed by atoms with Crippen LogP contribution in [0.2, 0.25) is 0 Å². The fourth-order valence-corrected chi connectivity index (χ4v) is 3.75. The van der Waals surface area contributed by atoms with Gasteiger partial charge in [-0.15, -0.1) is 0 Å². The Morgan fingerprint density at radius 1 is 1.00 bits per heavy atom. The van der Waals surface area contributed by atoms with Crippen molar-refractivity contribution in [2.24, 2.45) is 5.10 Å². The molecule has 0 aliphatic rings. The van der Waals surface area contributed by atoms with Crippen molar-refractivity contribution in [1.29, 1.82) is 0 Å². The second-order valence-electron chi connectivity index (χ2n) is 6.10. The first-order valence-corrected chi connectivity index (χ1v) is 11.1. The molecule has 6 nitrogen and oxygen atoms in total. The third-order valence-electron chi connectivity index (χ3n) is 3.90. The molecule has 0 unspecified atom stereocenters. The maximum atomic E-state index is 12.2. The van der Waals surface area contributed by atoms with E-state index >= 15 is 0 Å². The lowest BCUT2D eigenvalue weighted by Gasteiger charge is -2.06. The Kier molecular flexibility index (Phi) is 6.65. The average Bonchev–Trinajstić information content (AvgIpc) is 2.70. The highest BCUT2D eigenvalue weighted by molar-refractivity contribution is 14.1. The van der Waals surface area contributed by atoms with Crippen molar-refractivity contribution in [3.05, 3.63) is 93.1 Å². The third-order valence-corrected chi connectivity index (χ3v) is 6.08. The van der Waals surface area contributed by atoms with E-state index in [0.29, 0.717) is 16.9 Å². The molecule has 8 heteroatoms. The predicted molar refractivity (Wildman–Crippen MR) is 120 cm³/mol. The zero-order valence-electron chi connectivity index (χ0n) is 15.4. The first-order chi connectivity index (χ1) is 13.8. The van der Waals surface area contributed by atoms with Crippen LogP contribution < -0.4 is 9.57 Å². The lowest BCUT2D eigenvalue weighted by molar-refractivity contribution is 0.0733. The molecule has 0 fully saturated rings. The van der Waals surface area contributed by atoms with Gasteiger partial charge in [-0.1, -0.05) is 29.8 Å². The predicted octanol–water partition coefficient (Wildman–Crippen LogP) is 4.13. The fourth-order valence-electron chi connectivity index (χ4n) is 2.35. The van der Waals surface area contributed by atoms with Crippen LogP contribution in [0, 0.1) is 10.5 Å². The number of carbonyl (C=O) groups excluding carboxylic acids is 1. The highest BCUT2D eigenvalue weighted by atomic mass is 127. The number of hydrogen-bond donors (Lipinski definition) is 1. The molecule has 29 heavy (non-hydrogen) atoms. The van der Waals surface area contributed by atoms with Crippen molar-refractivity contribution < 1.29 is 17.9 Å². The molecule has 0 bridgehead atoms. The maximum absolute atomic E-state index is 12.2. The van der Waals surface area contributed by atoms with Crippen LogP contribution >= 0.6 is 22.6 Å². The van der Waals surface area contributed by atoms with Crippen LogP contribution in [0.4, 0.5) is 0 Å². The molecule has 0 aromatic heterocycles. The summed E-state index contributed by atoms with van der Waals surface area (Å²) in [5.74, 6) is -0.0608. The first kappa shape index (κ1) is 21.0. The van der Waals surface area contributed by atoms with Crippen molar-refractivity contribution >= 4 is 44.8 Å². The molecule has 3 aromatic carbocycles. The number of sulfonamides is 1. The SMILES string of the molecule is Cc1ccc(S(=O)(=O)N/N=C\c2ccc(OC(=O)c3ccccc3I)cc2)cc1. The minimum absolute atomic E-state index is 0.137. The number of rotatable bonds is 6. The molecule has 3 aromatic rings. The first-order valence-electron chi connectivity index (χ1n) is 8.53. The Morgan fingerprint density at radius 2 is 1.66 bits per heavy atom. The smallest absolute Gasteiger partial charge is 0.344 e. The summed E-state index contributed by atoms with van der Waals surface area (Å²) in [4.78, 5) is 14.5. The van der Waals surface area contributed by atoms with Gasteiger partial charge in [0.05, 0.1) is 16.7 Å². The minimum Gasteiger partial charge on any atom is -0.423 e. The van der Waals surface area contributed by atoms with Gasteiger partial charge in [0.1, 0.15) is 5.75 Å². The van der Waals surface area contributed by atoms with Crippen molar-refractivity contribution in [3.63, 3.8) is 0 Å². The van der Waals surface area contributed by atoms with Gasteiger partial charge in [-0.05, 0) is 83.6 Å². The van der Waals surface area contributed by atoms with Gasteiger partial charge in [0.25, 0.3) is 10.0 Å². The number of carbonyl (C=O) groups is 1. The highest BCUT2D eigenvalue weighted by Gasteiger charge is 2.12. The summed E-state index contributed by atoms with van der Waals surface area (Å²) in [5.41, 5.74) is 2.10. The van der Waals surface area contributed by atoms with E-state index in [4.69, 9.17) is 4.74 Å². The number of ether oxygens (including phenoxy) is 1. The van der Waals surface area contributed by atoms with Crippen LogP contribution in [0.1, 0.15) is 21.5 Å². The van der Waals surface area contributed by atoms with E-state index in [2.05, 4.69) is 32.5 Å². The van der Waals surface area contributed by atoms with Crippen molar-refractivity contribution in [2.75, 3.05) is 0 Å². The molecule has 0 aliphatic carbocycles. The molecular formula is C21H17IN2O4S. The van der Waals surface area contributed by atoms with Gasteiger partial charge in [0.2, 0.25) is 0 Å². The summed E-state index contributed by atoms with van der Waals surface area (Å²) in [5, 5.41) is 3.79. The van der Waals surface area contributed by atoms with Crippen LogP contribution in [-0.2, 0) is 10.0 Å². The van der Waals surface area contributed by atoms with Gasteiger partial charge < -0.3 is 4.74 Å². The lowest BCUT2D eigenvalue weighted by Crippen LogP contribution is -2.18. The van der Waals surface area contributed by atoms with Gasteiger partial charge in [-0.25, -0.2) is 9.63 Å². The molecule has 0 saturated heterocycles. The van der Waals surface area contributed by atoms with E-state index in [-0.39, 0.29) is 4.90 Å². The normalized spacial score (nSPS) is 11.4. The summed E-state index contributed by atoms with van der Waals surface area (Å²) in [7, 11) is -3.72. The Hall–Kier alpha value is -2.72. The molecule has 0 atom stereocenters. The molecule has 0 radical (unpaired) electrons. The number of nitrogens with zero attached hydrogens (tertiary/aromatic N) is 1. The van der Waals surface area contributed by atoms with Crippen molar-refractivity contribution in [1.82, 2.24) is 4.83 Å². The van der Waals surface area contributed by atoms with Gasteiger partial charge in [0, 0.05) is 3.57 Å². The van der Waals surface area contributed by atoms with E-state index in [1.54, 1.807) is 48.5 Å². The Bertz CT molecular complexity index is 1140. The number of esters is 1. The number of nitrogens with one attached hydrogen (secondary N) is 1. The molecular weight excluding hydrogens is 503 g/mol. The van der Waals surface area contributed by atoms with Crippen LogP contribution in [0.15, 0.2) is 82.8 Å². The highest BCUT2D eigenvalue weighted by Crippen LogP contribution is 2.17. The van der Waals surface area contributed by atoms with Crippen LogP contribution in [0.3, 0.4) is 0 Å². The largest absolute Gasteiger partial charge is 0.423 e. The Balaban J connectivity index is 1.62. The van der Waals surface area contributed by atoms with E-state index in [0.717, 1.165) is 9.13 Å². The summed E-state index contributed by atoms with van der Waals surface area (Å²) >= 11 is 2.08. The van der Waals surface area contributed by atoms with E-state index < -0.39 is 16.0 Å². The molecule has 3 rings (SSSR count). The summed E-state index contributed by atoms with van der Waals surface area (Å²) < 4.78 is 30.5. The quantitative estimate of drug-likeness (QED) is 0.174. The topological polar surface area (TPSA) is 84.8 Å². The molecule has 0 heterocycles. The number of halogens is 1. The number of hydrazone groups is 1. The molecule has 148 valence electrons. The van der Waals surface area contributed by atoms with Gasteiger partial charge >= 0.3 is 5.97 Å².